The van der Waals surface area contributed by atoms with Gasteiger partial charge in [0.2, 0.25) is 0 Å². The SMILES string of the molecule is CC1=CC=C(NCNc2ccc(Oc3ccnc(NN4CCC(N(C)C)CC4)c3)c(F)c2)CC1. The third-order valence-electron chi connectivity index (χ3n) is 6.32. The molecule has 1 saturated heterocycles. The lowest BCUT2D eigenvalue weighted by Gasteiger charge is -2.35. The van der Waals surface area contributed by atoms with E-state index in [0.29, 0.717) is 30.0 Å². The number of piperidine rings is 1. The largest absolute Gasteiger partial charge is 0.454 e. The van der Waals surface area contributed by atoms with Gasteiger partial charge in [0.05, 0.1) is 6.67 Å². The second kappa shape index (κ2) is 11.4. The van der Waals surface area contributed by atoms with E-state index in [-0.39, 0.29) is 5.75 Å². The molecule has 0 unspecified atom stereocenters. The average Bonchev–Trinajstić information content (AvgIpc) is 2.83. The van der Waals surface area contributed by atoms with Gasteiger partial charge in [-0.1, -0.05) is 11.6 Å². The molecule has 3 N–H and O–H groups in total. The van der Waals surface area contributed by atoms with Gasteiger partial charge in [0, 0.05) is 48.8 Å². The van der Waals surface area contributed by atoms with E-state index in [9.17, 15) is 4.39 Å². The van der Waals surface area contributed by atoms with Crippen molar-refractivity contribution in [1.82, 2.24) is 20.2 Å². The molecule has 0 bridgehead atoms. The molecule has 182 valence electrons. The van der Waals surface area contributed by atoms with E-state index in [1.54, 1.807) is 24.4 Å². The van der Waals surface area contributed by atoms with Crippen LogP contribution in [-0.2, 0) is 0 Å². The first kappa shape index (κ1) is 24.0. The maximum atomic E-state index is 14.7. The van der Waals surface area contributed by atoms with Crippen LogP contribution in [0.2, 0.25) is 0 Å². The van der Waals surface area contributed by atoms with Gasteiger partial charge in [0.25, 0.3) is 0 Å². The number of pyridine rings is 1. The van der Waals surface area contributed by atoms with Crippen LogP contribution in [0, 0.1) is 5.82 Å². The number of halogens is 1. The highest BCUT2D eigenvalue weighted by atomic mass is 19.1. The minimum absolute atomic E-state index is 0.179. The van der Waals surface area contributed by atoms with Crippen molar-refractivity contribution in [3.05, 3.63) is 65.8 Å². The number of aromatic nitrogens is 1. The normalized spacial score (nSPS) is 17.2. The molecule has 1 aliphatic carbocycles. The van der Waals surface area contributed by atoms with Crippen LogP contribution in [0.25, 0.3) is 0 Å². The van der Waals surface area contributed by atoms with E-state index in [1.165, 1.54) is 17.3 Å². The van der Waals surface area contributed by atoms with Crippen LogP contribution >= 0.6 is 0 Å². The van der Waals surface area contributed by atoms with E-state index in [4.69, 9.17) is 4.74 Å². The highest BCUT2D eigenvalue weighted by molar-refractivity contribution is 5.49. The van der Waals surface area contributed by atoms with E-state index in [1.807, 2.05) is 6.07 Å². The minimum Gasteiger partial charge on any atom is -0.454 e. The number of hydrogen-bond donors (Lipinski definition) is 3. The highest BCUT2D eigenvalue weighted by Crippen LogP contribution is 2.28. The number of ether oxygens (including phenoxy) is 1. The van der Waals surface area contributed by atoms with Crippen LogP contribution in [0.5, 0.6) is 11.5 Å². The van der Waals surface area contributed by atoms with Gasteiger partial charge in [-0.25, -0.2) is 14.4 Å². The van der Waals surface area contributed by atoms with Crippen LogP contribution in [0.4, 0.5) is 15.9 Å². The molecule has 4 rings (SSSR count). The molecular formula is C26H35FN6O. The molecule has 34 heavy (non-hydrogen) atoms. The minimum atomic E-state index is -0.419. The lowest BCUT2D eigenvalue weighted by molar-refractivity contribution is 0.164. The van der Waals surface area contributed by atoms with E-state index < -0.39 is 5.82 Å². The molecule has 0 amide bonds. The fourth-order valence-electron chi connectivity index (χ4n) is 4.16. The maximum absolute atomic E-state index is 14.7. The van der Waals surface area contributed by atoms with Gasteiger partial charge in [0.1, 0.15) is 11.6 Å². The maximum Gasteiger partial charge on any atom is 0.167 e. The predicted octanol–water partition coefficient (Wildman–Crippen LogP) is 4.95. The molecule has 2 aromatic rings. The Morgan fingerprint density at radius 3 is 2.62 bits per heavy atom. The Hall–Kier alpha value is -3.10. The third kappa shape index (κ3) is 6.71. The first-order valence-electron chi connectivity index (χ1n) is 11.9. The number of nitrogens with one attached hydrogen (secondary N) is 3. The summed E-state index contributed by atoms with van der Waals surface area (Å²) in [6.07, 6.45) is 10.2. The van der Waals surface area contributed by atoms with Crippen LogP contribution in [-0.4, -0.2) is 54.8 Å². The average molecular weight is 467 g/mol. The summed E-state index contributed by atoms with van der Waals surface area (Å²) in [5.74, 6) is 0.984. The zero-order valence-electron chi connectivity index (χ0n) is 20.3. The number of anilines is 2. The molecule has 8 heteroatoms. The summed E-state index contributed by atoms with van der Waals surface area (Å²) in [5.41, 5.74) is 6.61. The third-order valence-corrected chi connectivity index (χ3v) is 6.32. The Morgan fingerprint density at radius 2 is 1.91 bits per heavy atom. The van der Waals surface area contributed by atoms with Gasteiger partial charge >= 0.3 is 0 Å². The van der Waals surface area contributed by atoms with Gasteiger partial charge < -0.3 is 25.7 Å². The molecule has 1 fully saturated rings. The second-order valence-electron chi connectivity index (χ2n) is 9.15. The fourth-order valence-corrected chi connectivity index (χ4v) is 4.16. The molecule has 2 aliphatic rings. The molecule has 1 aromatic carbocycles. The van der Waals surface area contributed by atoms with E-state index in [0.717, 1.165) is 38.8 Å². The van der Waals surface area contributed by atoms with Crippen molar-refractivity contribution in [2.24, 2.45) is 0 Å². The topological polar surface area (TPSA) is 64.7 Å². The molecule has 0 atom stereocenters. The molecule has 1 aromatic heterocycles. The molecule has 2 heterocycles. The zero-order chi connectivity index (χ0) is 23.9. The number of benzene rings is 1. The Balaban J connectivity index is 1.29. The van der Waals surface area contributed by atoms with E-state index >= 15 is 0 Å². The summed E-state index contributed by atoms with van der Waals surface area (Å²) < 4.78 is 20.5. The number of nitrogens with zero attached hydrogens (tertiary/aromatic N) is 3. The van der Waals surface area contributed by atoms with Crippen LogP contribution in [0.3, 0.4) is 0 Å². The molecular weight excluding hydrogens is 431 g/mol. The van der Waals surface area contributed by atoms with Gasteiger partial charge in [0.15, 0.2) is 11.6 Å². The van der Waals surface area contributed by atoms with Crippen LogP contribution < -0.4 is 20.8 Å². The van der Waals surface area contributed by atoms with Crippen molar-refractivity contribution in [3.63, 3.8) is 0 Å². The van der Waals surface area contributed by atoms with Crippen molar-refractivity contribution < 1.29 is 9.13 Å². The molecule has 0 saturated carbocycles. The summed E-state index contributed by atoms with van der Waals surface area (Å²) in [6, 6.07) is 9.04. The second-order valence-corrected chi connectivity index (χ2v) is 9.15. The first-order valence-corrected chi connectivity index (χ1v) is 11.9. The summed E-state index contributed by atoms with van der Waals surface area (Å²) in [4.78, 5) is 6.66. The Labute approximate surface area is 201 Å². The molecule has 0 radical (unpaired) electrons. The molecule has 0 spiro atoms. The monoisotopic (exact) mass is 466 g/mol. The fraction of sp³-hybridized carbons (Fsp3) is 0.423. The number of allylic oxidation sites excluding steroid dienone is 4. The van der Waals surface area contributed by atoms with Crippen molar-refractivity contribution in [3.8, 4) is 11.5 Å². The van der Waals surface area contributed by atoms with Gasteiger partial charge in [-0.05, 0) is 71.0 Å². The Bertz CT molecular complexity index is 1030. The molecule has 7 nitrogen and oxygen atoms in total. The summed E-state index contributed by atoms with van der Waals surface area (Å²) >= 11 is 0. The Kier molecular flexibility index (Phi) is 8.03. The summed E-state index contributed by atoms with van der Waals surface area (Å²) in [7, 11) is 4.26. The number of hydrogen-bond acceptors (Lipinski definition) is 7. The van der Waals surface area contributed by atoms with Gasteiger partial charge in [-0.2, -0.15) is 0 Å². The summed E-state index contributed by atoms with van der Waals surface area (Å²) in [6.45, 7) is 4.56. The van der Waals surface area contributed by atoms with Crippen LogP contribution in [0.1, 0.15) is 32.6 Å². The molecule has 1 aliphatic heterocycles. The first-order chi connectivity index (χ1) is 16.5. The number of hydrazine groups is 1. The lowest BCUT2D eigenvalue weighted by atomic mass is 10.0. The smallest absolute Gasteiger partial charge is 0.167 e. The lowest BCUT2D eigenvalue weighted by Crippen LogP contribution is -2.44. The predicted molar refractivity (Wildman–Crippen MR) is 135 cm³/mol. The van der Waals surface area contributed by atoms with Gasteiger partial charge in [-0.15, -0.1) is 0 Å². The van der Waals surface area contributed by atoms with Gasteiger partial charge in [-0.3, -0.25) is 0 Å². The van der Waals surface area contributed by atoms with Crippen LogP contribution in [0.15, 0.2) is 60.0 Å². The number of rotatable bonds is 9. The standard InChI is InChI=1S/C26H35FN6O/c1-19-4-6-20(7-5-19)29-18-30-21-8-9-25(24(27)16-21)34-23-10-13-28-26(17-23)31-33-14-11-22(12-15-33)32(2)3/h4,6,8-10,13,16-17,22,29-30H,5,7,11-12,14-15,18H2,1-3H3,(H,28,31). The highest BCUT2D eigenvalue weighted by Gasteiger charge is 2.20. The van der Waals surface area contributed by atoms with Crippen molar-refractivity contribution in [2.45, 2.75) is 38.6 Å². The Morgan fingerprint density at radius 1 is 1.09 bits per heavy atom. The van der Waals surface area contributed by atoms with E-state index in [2.05, 4.69) is 64.1 Å². The van der Waals surface area contributed by atoms with Crippen molar-refractivity contribution in [1.29, 1.82) is 0 Å². The van der Waals surface area contributed by atoms with Crippen molar-refractivity contribution >= 4 is 11.5 Å². The summed E-state index contributed by atoms with van der Waals surface area (Å²) in [5, 5.41) is 8.72. The zero-order valence-corrected chi connectivity index (χ0v) is 20.3. The van der Waals surface area contributed by atoms with Crippen molar-refractivity contribution in [2.75, 3.05) is 44.6 Å². The quantitative estimate of drug-likeness (QED) is 0.452.